The Morgan fingerprint density at radius 2 is 1.50 bits per heavy atom. The monoisotopic (exact) mass is 401 g/mol. The summed E-state index contributed by atoms with van der Waals surface area (Å²) in [6, 6.07) is 12.3. The number of aryl methyl sites for hydroxylation is 3. The van der Waals surface area contributed by atoms with E-state index in [1.165, 1.54) is 5.69 Å². The van der Waals surface area contributed by atoms with Crippen molar-refractivity contribution in [1.29, 1.82) is 0 Å². The molecule has 1 saturated heterocycles. The third-order valence-corrected chi connectivity index (χ3v) is 7.15. The van der Waals surface area contributed by atoms with Gasteiger partial charge in [0, 0.05) is 38.4 Å². The van der Waals surface area contributed by atoms with Crippen LogP contribution in [0.5, 0.6) is 0 Å². The summed E-state index contributed by atoms with van der Waals surface area (Å²) >= 11 is 0. The number of likely N-dealkylation sites (N-methyl/N-ethyl adjacent to an activating group) is 1. The van der Waals surface area contributed by atoms with Gasteiger partial charge in [-0.25, -0.2) is 13.1 Å². The fourth-order valence-corrected chi connectivity index (χ4v) is 5.41. The average Bonchev–Trinajstić information content (AvgIpc) is 2.62. The first-order chi connectivity index (χ1) is 13.3. The molecule has 0 spiro atoms. The van der Waals surface area contributed by atoms with Crippen LogP contribution in [0.3, 0.4) is 0 Å². The molecule has 0 aromatic heterocycles. The summed E-state index contributed by atoms with van der Waals surface area (Å²) in [5.41, 5.74) is 5.04. The second-order valence-electron chi connectivity index (χ2n) is 7.83. The highest BCUT2D eigenvalue weighted by Gasteiger charge is 2.19. The lowest BCUT2D eigenvalue weighted by molar-refractivity contribution is 0.313. The first-order valence-corrected chi connectivity index (χ1v) is 11.3. The van der Waals surface area contributed by atoms with Crippen molar-refractivity contribution in [2.45, 2.75) is 32.1 Å². The molecule has 0 saturated carbocycles. The Bertz CT molecular complexity index is 892. The van der Waals surface area contributed by atoms with Gasteiger partial charge < -0.3 is 9.80 Å². The average molecular weight is 402 g/mol. The zero-order valence-corrected chi connectivity index (χ0v) is 18.1. The van der Waals surface area contributed by atoms with Gasteiger partial charge in [0.05, 0.1) is 4.90 Å². The van der Waals surface area contributed by atoms with E-state index in [0.717, 1.165) is 48.4 Å². The molecule has 1 aliphatic rings. The molecule has 2 aromatic carbocycles. The number of piperazine rings is 1. The lowest BCUT2D eigenvalue weighted by atomic mass is 10.1. The Morgan fingerprint density at radius 1 is 0.929 bits per heavy atom. The van der Waals surface area contributed by atoms with E-state index in [1.807, 2.05) is 32.9 Å². The molecule has 152 valence electrons. The molecular weight excluding hydrogens is 370 g/mol. The summed E-state index contributed by atoms with van der Waals surface area (Å²) < 4.78 is 28.2. The number of sulfonamides is 1. The molecule has 1 N–H and O–H groups in total. The van der Waals surface area contributed by atoms with Crippen molar-refractivity contribution in [2.75, 3.05) is 44.7 Å². The Balaban J connectivity index is 1.59. The molecule has 0 bridgehead atoms. The highest BCUT2D eigenvalue weighted by atomic mass is 32.2. The molecule has 0 amide bonds. The lowest BCUT2D eigenvalue weighted by Gasteiger charge is -2.34. The van der Waals surface area contributed by atoms with Crippen LogP contribution in [0.2, 0.25) is 0 Å². The Morgan fingerprint density at radius 3 is 2.07 bits per heavy atom. The number of nitrogens with zero attached hydrogens (tertiary/aromatic N) is 2. The molecule has 1 aliphatic heterocycles. The first-order valence-electron chi connectivity index (χ1n) is 9.86. The van der Waals surface area contributed by atoms with Gasteiger partial charge in [-0.2, -0.15) is 0 Å². The minimum atomic E-state index is -3.50. The minimum Gasteiger partial charge on any atom is -0.369 e. The van der Waals surface area contributed by atoms with Crippen molar-refractivity contribution in [3.05, 3.63) is 58.7 Å². The molecule has 5 nitrogen and oxygen atoms in total. The van der Waals surface area contributed by atoms with Gasteiger partial charge >= 0.3 is 0 Å². The summed E-state index contributed by atoms with van der Waals surface area (Å²) in [7, 11) is -1.35. The molecule has 2 aromatic rings. The maximum absolute atomic E-state index is 12.7. The van der Waals surface area contributed by atoms with Crippen LogP contribution < -0.4 is 9.62 Å². The highest BCUT2D eigenvalue weighted by Crippen LogP contribution is 2.22. The van der Waals surface area contributed by atoms with Crippen LogP contribution in [-0.4, -0.2) is 53.1 Å². The van der Waals surface area contributed by atoms with Gasteiger partial charge in [-0.1, -0.05) is 29.8 Å². The smallest absolute Gasteiger partial charge is 0.241 e. The van der Waals surface area contributed by atoms with Crippen LogP contribution >= 0.6 is 0 Å². The molecule has 3 rings (SSSR count). The van der Waals surface area contributed by atoms with Crippen LogP contribution in [-0.2, 0) is 16.4 Å². The fraction of sp³-hybridized carbons (Fsp3) is 0.455. The minimum absolute atomic E-state index is 0.392. The van der Waals surface area contributed by atoms with Gasteiger partial charge in [-0.15, -0.1) is 0 Å². The number of anilines is 1. The van der Waals surface area contributed by atoms with E-state index in [4.69, 9.17) is 0 Å². The fourth-order valence-electron chi connectivity index (χ4n) is 3.93. The molecule has 0 radical (unpaired) electrons. The maximum atomic E-state index is 12.7. The second kappa shape index (κ2) is 8.64. The van der Waals surface area contributed by atoms with Gasteiger partial charge in [0.25, 0.3) is 0 Å². The molecule has 6 heteroatoms. The van der Waals surface area contributed by atoms with E-state index in [1.54, 1.807) is 0 Å². The summed E-state index contributed by atoms with van der Waals surface area (Å²) in [6.45, 7) is 10.3. The van der Waals surface area contributed by atoms with E-state index in [0.29, 0.717) is 17.9 Å². The van der Waals surface area contributed by atoms with Crippen LogP contribution in [0.4, 0.5) is 5.69 Å². The van der Waals surface area contributed by atoms with Gasteiger partial charge in [-0.05, 0) is 63.1 Å². The third kappa shape index (κ3) is 4.93. The predicted octanol–water partition coefficient (Wildman–Crippen LogP) is 2.88. The van der Waals surface area contributed by atoms with E-state index in [9.17, 15) is 8.42 Å². The topological polar surface area (TPSA) is 52.7 Å². The number of hydrogen-bond donors (Lipinski definition) is 1. The van der Waals surface area contributed by atoms with Gasteiger partial charge in [0.2, 0.25) is 10.0 Å². The molecular formula is C22H31N3O2S. The third-order valence-electron chi connectivity index (χ3n) is 5.38. The molecule has 0 unspecified atom stereocenters. The summed E-state index contributed by atoms with van der Waals surface area (Å²) in [5, 5.41) is 0. The normalized spacial score (nSPS) is 15.8. The van der Waals surface area contributed by atoms with Crippen LogP contribution in [0.15, 0.2) is 41.3 Å². The SMILES string of the molecule is Cc1cc(C)c(S(=O)(=O)NCCc2ccc(N3CCN(C)CC3)cc2)c(C)c1. The van der Waals surface area contributed by atoms with Crippen molar-refractivity contribution >= 4 is 15.7 Å². The van der Waals surface area contributed by atoms with Crippen molar-refractivity contribution in [2.24, 2.45) is 0 Å². The van der Waals surface area contributed by atoms with Crippen LogP contribution in [0, 0.1) is 20.8 Å². The molecule has 1 fully saturated rings. The van der Waals surface area contributed by atoms with Gasteiger partial charge in [-0.3, -0.25) is 0 Å². The summed E-state index contributed by atoms with van der Waals surface area (Å²) in [5.74, 6) is 0. The maximum Gasteiger partial charge on any atom is 0.241 e. The summed E-state index contributed by atoms with van der Waals surface area (Å²) in [4.78, 5) is 5.15. The standard InChI is InChI=1S/C22H31N3O2S/c1-17-15-18(2)22(19(3)16-17)28(26,27)23-10-9-20-5-7-21(8-6-20)25-13-11-24(4)12-14-25/h5-8,15-16,23H,9-14H2,1-4H3. The highest BCUT2D eigenvalue weighted by molar-refractivity contribution is 7.89. The van der Waals surface area contributed by atoms with Crippen LogP contribution in [0.1, 0.15) is 22.3 Å². The zero-order chi connectivity index (χ0) is 20.3. The van der Waals surface area contributed by atoms with Crippen molar-refractivity contribution < 1.29 is 8.42 Å². The van der Waals surface area contributed by atoms with E-state index >= 15 is 0 Å². The van der Waals surface area contributed by atoms with Crippen molar-refractivity contribution in [3.8, 4) is 0 Å². The van der Waals surface area contributed by atoms with E-state index in [-0.39, 0.29) is 0 Å². The van der Waals surface area contributed by atoms with Gasteiger partial charge in [0.15, 0.2) is 0 Å². The number of nitrogens with one attached hydrogen (secondary N) is 1. The largest absolute Gasteiger partial charge is 0.369 e. The quantitative estimate of drug-likeness (QED) is 0.809. The van der Waals surface area contributed by atoms with Gasteiger partial charge in [0.1, 0.15) is 0 Å². The van der Waals surface area contributed by atoms with Crippen molar-refractivity contribution in [3.63, 3.8) is 0 Å². The first kappa shape index (κ1) is 20.8. The Kier molecular flexibility index (Phi) is 6.43. The number of rotatable bonds is 6. The Hall–Kier alpha value is -1.89. The predicted molar refractivity (Wildman–Crippen MR) is 116 cm³/mol. The number of benzene rings is 2. The molecule has 28 heavy (non-hydrogen) atoms. The van der Waals surface area contributed by atoms with E-state index in [2.05, 4.69) is 45.8 Å². The number of hydrogen-bond acceptors (Lipinski definition) is 4. The van der Waals surface area contributed by atoms with Crippen molar-refractivity contribution in [1.82, 2.24) is 9.62 Å². The molecule has 0 aliphatic carbocycles. The Labute approximate surface area is 169 Å². The van der Waals surface area contributed by atoms with Crippen LogP contribution in [0.25, 0.3) is 0 Å². The second-order valence-corrected chi connectivity index (χ2v) is 9.54. The summed E-state index contributed by atoms with van der Waals surface area (Å²) in [6.07, 6.45) is 0.673. The van der Waals surface area contributed by atoms with E-state index < -0.39 is 10.0 Å². The zero-order valence-electron chi connectivity index (χ0n) is 17.3. The lowest BCUT2D eigenvalue weighted by Crippen LogP contribution is -2.44. The molecule has 1 heterocycles. The molecule has 0 atom stereocenters.